The van der Waals surface area contributed by atoms with E-state index in [4.69, 9.17) is 10.5 Å². The molecule has 0 bridgehead atoms. The molecule has 0 radical (unpaired) electrons. The van der Waals surface area contributed by atoms with Gasteiger partial charge >= 0.3 is 5.97 Å². The fourth-order valence-corrected chi connectivity index (χ4v) is 1.12. The van der Waals surface area contributed by atoms with Crippen LogP contribution < -0.4 is 5.73 Å². The quantitative estimate of drug-likeness (QED) is 0.496. The van der Waals surface area contributed by atoms with Crippen molar-refractivity contribution in [2.45, 2.75) is 32.1 Å². The van der Waals surface area contributed by atoms with Crippen molar-refractivity contribution in [1.82, 2.24) is 0 Å². The Hall–Kier alpha value is -0.353. The van der Waals surface area contributed by atoms with E-state index in [9.17, 15) is 4.79 Å². The van der Waals surface area contributed by atoms with Crippen LogP contribution in [0.15, 0.2) is 0 Å². The highest BCUT2D eigenvalue weighted by molar-refractivity contribution is 6.55. The van der Waals surface area contributed by atoms with Gasteiger partial charge in [-0.1, -0.05) is 13.1 Å². The summed E-state index contributed by atoms with van der Waals surface area (Å²) in [6.07, 6.45) is 0. The summed E-state index contributed by atoms with van der Waals surface area (Å²) in [4.78, 5) is 10.8. The van der Waals surface area contributed by atoms with Gasteiger partial charge in [-0.05, 0) is 13.0 Å². The minimum absolute atomic E-state index is 0.292. The summed E-state index contributed by atoms with van der Waals surface area (Å²) in [6, 6.07) is 0.558. The lowest BCUT2D eigenvalue weighted by Crippen LogP contribution is -2.29. The number of ether oxygens (including phenoxy) is 1. The SMILES string of the molecule is C[C@H](N)C(=O)OCC[SiH](C)C. The van der Waals surface area contributed by atoms with Crippen molar-refractivity contribution in [2.75, 3.05) is 6.61 Å². The van der Waals surface area contributed by atoms with E-state index in [1.807, 2.05) is 0 Å². The molecule has 0 fully saturated rings. The fourth-order valence-electron chi connectivity index (χ4n) is 0.527. The van der Waals surface area contributed by atoms with Gasteiger partial charge in [-0.25, -0.2) is 0 Å². The highest BCUT2D eigenvalue weighted by Crippen LogP contribution is 1.93. The topological polar surface area (TPSA) is 52.3 Å². The molecule has 0 unspecified atom stereocenters. The number of hydrogen-bond donors (Lipinski definition) is 1. The summed E-state index contributed by atoms with van der Waals surface area (Å²) < 4.78 is 4.89. The second-order valence-corrected chi connectivity index (χ2v) is 6.50. The first-order chi connectivity index (χ1) is 5.04. The third-order valence-corrected chi connectivity index (χ3v) is 2.70. The Morgan fingerprint density at radius 3 is 2.55 bits per heavy atom. The standard InChI is InChI=1S/C7H17NO2Si/c1-6(8)7(9)10-4-5-11(2)3/h6,11H,4-5,8H2,1-3H3/t6-/m0/s1. The summed E-state index contributed by atoms with van der Waals surface area (Å²) >= 11 is 0. The van der Waals surface area contributed by atoms with Gasteiger partial charge in [0.25, 0.3) is 0 Å². The van der Waals surface area contributed by atoms with Gasteiger partial charge in [0.15, 0.2) is 0 Å². The lowest BCUT2D eigenvalue weighted by atomic mass is 10.4. The molecule has 11 heavy (non-hydrogen) atoms. The van der Waals surface area contributed by atoms with E-state index in [0.29, 0.717) is 6.61 Å². The summed E-state index contributed by atoms with van der Waals surface area (Å²) in [5.41, 5.74) is 5.29. The number of hydrogen-bond acceptors (Lipinski definition) is 3. The van der Waals surface area contributed by atoms with Crippen LogP contribution in [-0.4, -0.2) is 27.4 Å². The Morgan fingerprint density at radius 1 is 1.64 bits per heavy atom. The normalized spacial score (nSPS) is 13.2. The van der Waals surface area contributed by atoms with Crippen LogP contribution in [0.25, 0.3) is 0 Å². The highest BCUT2D eigenvalue weighted by Gasteiger charge is 2.08. The van der Waals surface area contributed by atoms with Crippen molar-refractivity contribution >= 4 is 14.8 Å². The van der Waals surface area contributed by atoms with E-state index >= 15 is 0 Å². The third-order valence-electron chi connectivity index (χ3n) is 1.31. The Kier molecular flexibility index (Phi) is 5.15. The summed E-state index contributed by atoms with van der Waals surface area (Å²) in [6.45, 7) is 6.62. The number of esters is 1. The Balaban J connectivity index is 3.32. The molecule has 0 saturated carbocycles. The van der Waals surface area contributed by atoms with Crippen molar-refractivity contribution in [3.8, 4) is 0 Å². The van der Waals surface area contributed by atoms with E-state index in [1.165, 1.54) is 0 Å². The number of carbonyl (C=O) groups excluding carboxylic acids is 1. The van der Waals surface area contributed by atoms with Crippen LogP contribution in [0.2, 0.25) is 19.1 Å². The fraction of sp³-hybridized carbons (Fsp3) is 0.857. The van der Waals surface area contributed by atoms with Crippen LogP contribution in [0.5, 0.6) is 0 Å². The number of carbonyl (C=O) groups is 1. The summed E-state index contributed by atoms with van der Waals surface area (Å²) in [5, 5.41) is 0. The van der Waals surface area contributed by atoms with Gasteiger partial charge in [0.05, 0.1) is 6.61 Å². The maximum absolute atomic E-state index is 10.8. The van der Waals surface area contributed by atoms with E-state index in [-0.39, 0.29) is 5.97 Å². The molecule has 66 valence electrons. The zero-order valence-electron chi connectivity index (χ0n) is 7.46. The first-order valence-electron chi connectivity index (χ1n) is 3.96. The monoisotopic (exact) mass is 175 g/mol. The molecule has 2 N–H and O–H groups in total. The van der Waals surface area contributed by atoms with Gasteiger partial charge in [-0.15, -0.1) is 0 Å². The first kappa shape index (κ1) is 10.6. The van der Waals surface area contributed by atoms with Crippen molar-refractivity contribution in [3.63, 3.8) is 0 Å². The number of nitrogens with two attached hydrogens (primary N) is 1. The van der Waals surface area contributed by atoms with Gasteiger partial charge in [0, 0.05) is 8.80 Å². The minimum Gasteiger partial charge on any atom is -0.465 e. The molecular weight excluding hydrogens is 158 g/mol. The van der Waals surface area contributed by atoms with Crippen LogP contribution in [-0.2, 0) is 9.53 Å². The molecule has 0 aliphatic heterocycles. The summed E-state index contributed by atoms with van der Waals surface area (Å²) in [7, 11) is -0.579. The molecule has 0 heterocycles. The van der Waals surface area contributed by atoms with Crippen LogP contribution in [0.1, 0.15) is 6.92 Å². The average molecular weight is 175 g/mol. The summed E-state index contributed by atoms with van der Waals surface area (Å²) in [5.74, 6) is -0.292. The molecule has 3 nitrogen and oxygen atoms in total. The van der Waals surface area contributed by atoms with Crippen molar-refractivity contribution in [3.05, 3.63) is 0 Å². The lowest BCUT2D eigenvalue weighted by molar-refractivity contribution is -0.144. The molecule has 1 atom stereocenters. The van der Waals surface area contributed by atoms with Crippen molar-refractivity contribution in [1.29, 1.82) is 0 Å². The molecule has 0 aliphatic carbocycles. The van der Waals surface area contributed by atoms with E-state index in [2.05, 4.69) is 13.1 Å². The zero-order valence-corrected chi connectivity index (χ0v) is 8.62. The zero-order chi connectivity index (χ0) is 8.85. The maximum Gasteiger partial charge on any atom is 0.322 e. The molecule has 0 aromatic carbocycles. The molecule has 0 aliphatic rings. The molecular formula is C7H17NO2Si. The largest absolute Gasteiger partial charge is 0.465 e. The van der Waals surface area contributed by atoms with Gasteiger partial charge < -0.3 is 10.5 Å². The number of rotatable bonds is 4. The Morgan fingerprint density at radius 2 is 2.18 bits per heavy atom. The van der Waals surface area contributed by atoms with Crippen molar-refractivity contribution < 1.29 is 9.53 Å². The van der Waals surface area contributed by atoms with E-state index in [0.717, 1.165) is 6.04 Å². The van der Waals surface area contributed by atoms with Crippen LogP contribution in [0.3, 0.4) is 0 Å². The average Bonchev–Trinajstić information content (AvgIpc) is 1.86. The molecule has 0 rings (SSSR count). The maximum atomic E-state index is 10.8. The lowest BCUT2D eigenvalue weighted by Gasteiger charge is -2.07. The van der Waals surface area contributed by atoms with E-state index in [1.54, 1.807) is 6.92 Å². The molecule has 4 heteroatoms. The molecule has 0 amide bonds. The highest BCUT2D eigenvalue weighted by atomic mass is 28.3. The van der Waals surface area contributed by atoms with Crippen molar-refractivity contribution in [2.24, 2.45) is 5.73 Å². The molecule has 0 aromatic heterocycles. The Bertz CT molecular complexity index is 126. The van der Waals surface area contributed by atoms with Crippen LogP contribution in [0.4, 0.5) is 0 Å². The Labute approximate surface area is 69.5 Å². The predicted octanol–water partition coefficient (Wildman–Crippen LogP) is 0.363. The van der Waals surface area contributed by atoms with Crippen LogP contribution >= 0.6 is 0 Å². The van der Waals surface area contributed by atoms with Gasteiger partial charge in [-0.3, -0.25) is 4.79 Å². The molecule has 0 spiro atoms. The third kappa shape index (κ3) is 6.06. The smallest absolute Gasteiger partial charge is 0.322 e. The predicted molar refractivity (Wildman–Crippen MR) is 48.3 cm³/mol. The molecule has 0 aromatic rings. The first-order valence-corrected chi connectivity index (χ1v) is 7.09. The van der Waals surface area contributed by atoms with Gasteiger partial charge in [0.2, 0.25) is 0 Å². The molecule has 0 saturated heterocycles. The van der Waals surface area contributed by atoms with Gasteiger partial charge in [0.1, 0.15) is 6.04 Å². The minimum atomic E-state index is -0.579. The second kappa shape index (κ2) is 5.32. The van der Waals surface area contributed by atoms with Crippen LogP contribution in [0, 0.1) is 0 Å². The second-order valence-electron chi connectivity index (χ2n) is 3.14. The van der Waals surface area contributed by atoms with Gasteiger partial charge in [-0.2, -0.15) is 0 Å². The van der Waals surface area contributed by atoms with E-state index < -0.39 is 14.8 Å².